The van der Waals surface area contributed by atoms with E-state index in [1.807, 2.05) is 23.6 Å². The Hall–Kier alpha value is -1.29. The summed E-state index contributed by atoms with van der Waals surface area (Å²) >= 11 is 13.3. The molecule has 5 nitrogen and oxygen atoms in total. The molecular weight excluding hydrogens is 452 g/mol. The number of hydrogen-bond donors (Lipinski definition) is 3. The van der Waals surface area contributed by atoms with Crippen LogP contribution in [0.4, 0.5) is 5.69 Å². The summed E-state index contributed by atoms with van der Waals surface area (Å²) in [5.41, 5.74) is 1.35. The average molecular weight is 460 g/mol. The molecule has 3 N–H and O–H groups in total. The third kappa shape index (κ3) is 3.22. The number of nitrogens with one attached hydrogen (secondary N) is 3. The molecule has 0 unspecified atom stereocenters. The fraction of sp³-hybridized carbons (Fsp3) is 0. The number of benzene rings is 1. The lowest BCUT2D eigenvalue weighted by atomic mass is 10.1. The van der Waals surface area contributed by atoms with E-state index in [0.29, 0.717) is 21.2 Å². The normalized spacial score (nSPS) is 10.6. The molecule has 3 rings (SSSR count). The molecule has 1 aromatic carbocycles. The Bertz CT molecular complexity index is 886. The van der Waals surface area contributed by atoms with E-state index in [0.717, 1.165) is 14.5 Å². The second-order valence-corrected chi connectivity index (χ2v) is 7.36. The fourth-order valence-corrected chi connectivity index (χ4v) is 3.95. The maximum atomic E-state index is 12.3. The molecular formula is C13H8Br2N4OS2. The van der Waals surface area contributed by atoms with Crippen molar-refractivity contribution in [1.29, 1.82) is 0 Å². The van der Waals surface area contributed by atoms with Crippen molar-refractivity contribution in [2.75, 3.05) is 5.32 Å². The molecule has 0 saturated carbocycles. The van der Waals surface area contributed by atoms with E-state index in [9.17, 15) is 4.79 Å². The highest BCUT2D eigenvalue weighted by Gasteiger charge is 2.16. The van der Waals surface area contributed by atoms with Gasteiger partial charge in [-0.3, -0.25) is 15.0 Å². The number of halogens is 2. The lowest BCUT2D eigenvalue weighted by Crippen LogP contribution is -2.11. The molecule has 1 amide bonds. The predicted octanol–water partition coefficient (Wildman–Crippen LogP) is 4.97. The Balaban J connectivity index is 2.06. The zero-order valence-electron chi connectivity index (χ0n) is 10.8. The highest BCUT2D eigenvalue weighted by Crippen LogP contribution is 2.36. The fourth-order valence-electron chi connectivity index (χ4n) is 1.87. The minimum absolute atomic E-state index is 0.173. The molecule has 0 aliphatic carbocycles. The smallest absolute Gasteiger partial charge is 0.265 e. The van der Waals surface area contributed by atoms with Gasteiger partial charge in [-0.15, -0.1) is 11.3 Å². The summed E-state index contributed by atoms with van der Waals surface area (Å²) < 4.78 is 1.94. The molecule has 0 spiro atoms. The van der Waals surface area contributed by atoms with Gasteiger partial charge in [0.2, 0.25) is 4.77 Å². The number of carbonyl (C=O) groups is 1. The molecule has 0 atom stereocenters. The first-order chi connectivity index (χ1) is 10.5. The largest absolute Gasteiger partial charge is 0.320 e. The highest BCUT2D eigenvalue weighted by molar-refractivity contribution is 9.11. The molecule has 0 aliphatic rings. The number of thiophene rings is 1. The number of H-pyrrole nitrogens is 2. The molecule has 0 radical (unpaired) electrons. The van der Waals surface area contributed by atoms with Gasteiger partial charge in [0.1, 0.15) is 0 Å². The van der Waals surface area contributed by atoms with Crippen LogP contribution in [-0.4, -0.2) is 21.1 Å². The molecule has 0 bridgehead atoms. The van der Waals surface area contributed by atoms with Gasteiger partial charge in [0.25, 0.3) is 5.91 Å². The Kier molecular flexibility index (Phi) is 4.57. The van der Waals surface area contributed by atoms with E-state index < -0.39 is 0 Å². The maximum absolute atomic E-state index is 12.3. The Morgan fingerprint density at radius 3 is 2.77 bits per heavy atom. The third-order valence-electron chi connectivity index (χ3n) is 2.79. The van der Waals surface area contributed by atoms with Gasteiger partial charge >= 0.3 is 0 Å². The molecule has 9 heteroatoms. The van der Waals surface area contributed by atoms with Crippen LogP contribution in [0.25, 0.3) is 11.4 Å². The van der Waals surface area contributed by atoms with Crippen molar-refractivity contribution in [2.24, 2.45) is 0 Å². The SMILES string of the molecule is O=C(Nc1c(Br)cc(Br)cc1-c1nc(=S)[nH][nH]1)c1cccs1. The summed E-state index contributed by atoms with van der Waals surface area (Å²) in [5, 5.41) is 10.4. The summed E-state index contributed by atoms with van der Waals surface area (Å²) in [7, 11) is 0. The monoisotopic (exact) mass is 458 g/mol. The molecule has 0 saturated heterocycles. The number of anilines is 1. The molecule has 0 aliphatic heterocycles. The van der Waals surface area contributed by atoms with E-state index >= 15 is 0 Å². The van der Waals surface area contributed by atoms with Crippen LogP contribution in [-0.2, 0) is 0 Å². The number of aromatic amines is 2. The minimum atomic E-state index is -0.173. The van der Waals surface area contributed by atoms with Crippen molar-refractivity contribution in [3.05, 3.63) is 48.2 Å². The van der Waals surface area contributed by atoms with Crippen LogP contribution in [0.2, 0.25) is 0 Å². The van der Waals surface area contributed by atoms with Gasteiger partial charge in [-0.05, 0) is 51.7 Å². The summed E-state index contributed by atoms with van der Waals surface area (Å²) in [5.74, 6) is 0.377. The van der Waals surface area contributed by atoms with Gasteiger partial charge in [-0.1, -0.05) is 22.0 Å². The number of amides is 1. The molecule has 3 aromatic rings. The van der Waals surface area contributed by atoms with E-state index in [4.69, 9.17) is 12.2 Å². The first-order valence-corrected chi connectivity index (χ1v) is 8.91. The second kappa shape index (κ2) is 6.45. The van der Waals surface area contributed by atoms with Crippen molar-refractivity contribution < 1.29 is 4.79 Å². The zero-order valence-corrected chi connectivity index (χ0v) is 15.6. The molecule has 112 valence electrons. The Morgan fingerprint density at radius 2 is 2.14 bits per heavy atom. The van der Waals surface area contributed by atoms with Gasteiger partial charge in [0.15, 0.2) is 5.82 Å². The Morgan fingerprint density at radius 1 is 1.32 bits per heavy atom. The van der Waals surface area contributed by atoms with Gasteiger partial charge in [-0.2, -0.15) is 4.98 Å². The van der Waals surface area contributed by atoms with Gasteiger partial charge in [0.05, 0.1) is 10.6 Å². The van der Waals surface area contributed by atoms with Crippen molar-refractivity contribution in [3.8, 4) is 11.4 Å². The first-order valence-electron chi connectivity index (χ1n) is 6.03. The van der Waals surface area contributed by atoms with Crippen LogP contribution in [0.5, 0.6) is 0 Å². The zero-order chi connectivity index (χ0) is 15.7. The molecule has 2 heterocycles. The minimum Gasteiger partial charge on any atom is -0.320 e. The third-order valence-corrected chi connectivity index (χ3v) is 4.94. The van der Waals surface area contributed by atoms with Crippen LogP contribution in [0, 0.1) is 4.77 Å². The number of rotatable bonds is 3. The maximum Gasteiger partial charge on any atom is 0.265 e. The number of aromatic nitrogens is 3. The molecule has 2 aromatic heterocycles. The van der Waals surface area contributed by atoms with Crippen LogP contribution < -0.4 is 5.32 Å². The van der Waals surface area contributed by atoms with Crippen LogP contribution in [0.15, 0.2) is 38.6 Å². The molecule has 22 heavy (non-hydrogen) atoms. The van der Waals surface area contributed by atoms with E-state index in [1.165, 1.54) is 11.3 Å². The van der Waals surface area contributed by atoms with E-state index in [2.05, 4.69) is 52.4 Å². The number of nitrogens with zero attached hydrogens (tertiary/aromatic N) is 1. The van der Waals surface area contributed by atoms with E-state index in [-0.39, 0.29) is 5.91 Å². The van der Waals surface area contributed by atoms with Gasteiger partial charge < -0.3 is 5.32 Å². The summed E-state index contributed by atoms with van der Waals surface area (Å²) in [6, 6.07) is 7.32. The highest BCUT2D eigenvalue weighted by atomic mass is 79.9. The average Bonchev–Trinajstić information content (AvgIpc) is 3.12. The van der Waals surface area contributed by atoms with Crippen LogP contribution in [0.1, 0.15) is 9.67 Å². The summed E-state index contributed by atoms with van der Waals surface area (Å²) in [4.78, 5) is 17.2. The second-order valence-electron chi connectivity index (χ2n) is 4.26. The van der Waals surface area contributed by atoms with Crippen molar-refractivity contribution in [2.45, 2.75) is 0 Å². The summed E-state index contributed by atoms with van der Waals surface area (Å²) in [6.07, 6.45) is 0. The quantitative estimate of drug-likeness (QED) is 0.484. The van der Waals surface area contributed by atoms with Gasteiger partial charge in [0, 0.05) is 14.5 Å². The van der Waals surface area contributed by atoms with Gasteiger partial charge in [-0.25, -0.2) is 0 Å². The number of hydrogen-bond acceptors (Lipinski definition) is 4. The topological polar surface area (TPSA) is 73.6 Å². The van der Waals surface area contributed by atoms with Crippen LogP contribution in [0.3, 0.4) is 0 Å². The molecule has 0 fully saturated rings. The lowest BCUT2D eigenvalue weighted by molar-refractivity contribution is 0.103. The Labute approximate surface area is 151 Å². The lowest BCUT2D eigenvalue weighted by Gasteiger charge is -2.12. The standard InChI is InChI=1S/C13H8Br2N4OS2/c14-6-4-7(11-17-13(21)19-18-11)10(8(15)5-6)16-12(20)9-2-1-3-22-9/h1-5H,(H,16,20)(H2,17,18,19,21). The van der Waals surface area contributed by atoms with Crippen molar-refractivity contribution >= 4 is 67.0 Å². The van der Waals surface area contributed by atoms with E-state index in [1.54, 1.807) is 6.07 Å². The first kappa shape index (κ1) is 15.6. The van der Waals surface area contributed by atoms with Crippen molar-refractivity contribution in [3.63, 3.8) is 0 Å². The number of carbonyl (C=O) groups excluding carboxylic acids is 1. The van der Waals surface area contributed by atoms with Crippen LogP contribution >= 0.6 is 55.4 Å². The predicted molar refractivity (Wildman–Crippen MR) is 96.9 cm³/mol. The van der Waals surface area contributed by atoms with Crippen molar-refractivity contribution in [1.82, 2.24) is 15.2 Å². The summed E-state index contributed by atoms with van der Waals surface area (Å²) in [6.45, 7) is 0.